The van der Waals surface area contributed by atoms with E-state index in [0.717, 1.165) is 16.3 Å². The molecule has 0 aliphatic heterocycles. The molecule has 2 amide bonds. The van der Waals surface area contributed by atoms with Crippen molar-refractivity contribution in [1.82, 2.24) is 0 Å². The number of primary amides is 1. The minimum Gasteiger partial charge on any atom is -0.444 e. The van der Waals surface area contributed by atoms with Crippen molar-refractivity contribution in [3.63, 3.8) is 0 Å². The normalized spacial score (nSPS) is 10.4. The molecule has 5 nitrogen and oxygen atoms in total. The first-order valence-electron chi connectivity index (χ1n) is 7.86. The summed E-state index contributed by atoms with van der Waals surface area (Å²) < 4.78 is 5.33. The van der Waals surface area contributed by atoms with Gasteiger partial charge in [0.05, 0.1) is 0 Å². The molecule has 3 N–H and O–H groups in total. The summed E-state index contributed by atoms with van der Waals surface area (Å²) in [4.78, 5) is 23.5. The third kappa shape index (κ3) is 3.61. The molecular weight excluding hydrogens is 316 g/mol. The van der Waals surface area contributed by atoms with E-state index in [0.29, 0.717) is 16.8 Å². The molecule has 0 aliphatic carbocycles. The summed E-state index contributed by atoms with van der Waals surface area (Å²) in [5, 5.41) is 4.79. The summed E-state index contributed by atoms with van der Waals surface area (Å²) in [7, 11) is 0. The highest BCUT2D eigenvalue weighted by molar-refractivity contribution is 5.97. The molecule has 0 saturated carbocycles. The van der Waals surface area contributed by atoms with E-state index >= 15 is 0 Å². The van der Waals surface area contributed by atoms with Crippen LogP contribution < -0.4 is 11.1 Å². The molecule has 0 heterocycles. The van der Waals surface area contributed by atoms with Crippen LogP contribution in [0, 0.1) is 6.92 Å². The lowest BCUT2D eigenvalue weighted by Gasteiger charge is -2.12. The molecule has 0 fully saturated rings. The third-order valence-corrected chi connectivity index (χ3v) is 4.07. The van der Waals surface area contributed by atoms with Crippen molar-refractivity contribution in [3.8, 4) is 0 Å². The van der Waals surface area contributed by atoms with Gasteiger partial charge in [0.2, 0.25) is 5.91 Å². The van der Waals surface area contributed by atoms with Crippen LogP contribution >= 0.6 is 0 Å². The second kappa shape index (κ2) is 7.05. The predicted octanol–water partition coefficient (Wildman–Crippen LogP) is 4.00. The zero-order valence-electron chi connectivity index (χ0n) is 13.8. The maximum Gasteiger partial charge on any atom is 0.411 e. The molecule has 3 aromatic rings. The van der Waals surface area contributed by atoms with Crippen LogP contribution in [0.3, 0.4) is 0 Å². The molecule has 0 atom stereocenters. The maximum absolute atomic E-state index is 12.1. The number of amides is 2. The second-order valence-corrected chi connectivity index (χ2v) is 5.68. The van der Waals surface area contributed by atoms with Crippen LogP contribution in [0.25, 0.3) is 10.8 Å². The van der Waals surface area contributed by atoms with Crippen LogP contribution in [0.5, 0.6) is 0 Å². The van der Waals surface area contributed by atoms with Crippen LogP contribution in [0.15, 0.2) is 60.7 Å². The quantitative estimate of drug-likeness (QED) is 0.757. The van der Waals surface area contributed by atoms with Crippen LogP contribution in [-0.2, 0) is 11.3 Å². The number of fused-ring (bicyclic) bond motifs is 1. The van der Waals surface area contributed by atoms with Gasteiger partial charge in [-0.15, -0.1) is 0 Å². The molecule has 3 aromatic carbocycles. The summed E-state index contributed by atoms with van der Waals surface area (Å²) >= 11 is 0. The summed E-state index contributed by atoms with van der Waals surface area (Å²) in [6.07, 6.45) is -0.586. The Kier molecular flexibility index (Phi) is 4.66. The number of nitrogens with one attached hydrogen (secondary N) is 1. The Morgan fingerprint density at radius 3 is 2.52 bits per heavy atom. The lowest BCUT2D eigenvalue weighted by atomic mass is 10.1. The highest BCUT2D eigenvalue weighted by atomic mass is 16.5. The van der Waals surface area contributed by atoms with E-state index in [9.17, 15) is 9.59 Å². The average molecular weight is 334 g/mol. The fourth-order valence-electron chi connectivity index (χ4n) is 2.75. The van der Waals surface area contributed by atoms with Crippen molar-refractivity contribution in [2.24, 2.45) is 5.73 Å². The van der Waals surface area contributed by atoms with Gasteiger partial charge in [-0.3, -0.25) is 10.1 Å². The molecule has 126 valence electrons. The monoisotopic (exact) mass is 334 g/mol. The third-order valence-electron chi connectivity index (χ3n) is 4.07. The fourth-order valence-corrected chi connectivity index (χ4v) is 2.75. The zero-order valence-corrected chi connectivity index (χ0v) is 13.8. The number of nitrogens with two attached hydrogens (primary N) is 1. The molecule has 3 rings (SSSR count). The number of hydrogen-bond donors (Lipinski definition) is 2. The van der Waals surface area contributed by atoms with Gasteiger partial charge in [0.25, 0.3) is 0 Å². The highest BCUT2D eigenvalue weighted by Crippen LogP contribution is 2.21. The summed E-state index contributed by atoms with van der Waals surface area (Å²) in [5.74, 6) is -0.537. The second-order valence-electron chi connectivity index (χ2n) is 5.68. The van der Waals surface area contributed by atoms with E-state index in [4.69, 9.17) is 10.5 Å². The summed E-state index contributed by atoms with van der Waals surface area (Å²) in [6.45, 7) is 1.88. The zero-order chi connectivity index (χ0) is 17.8. The van der Waals surface area contributed by atoms with Crippen molar-refractivity contribution in [3.05, 3.63) is 77.4 Å². The molecule has 0 unspecified atom stereocenters. The summed E-state index contributed by atoms with van der Waals surface area (Å²) in [5.41, 5.74) is 7.72. The van der Waals surface area contributed by atoms with Crippen molar-refractivity contribution in [2.45, 2.75) is 13.5 Å². The highest BCUT2D eigenvalue weighted by Gasteiger charge is 2.12. The van der Waals surface area contributed by atoms with Gasteiger partial charge in [-0.2, -0.15) is 0 Å². The molecule has 5 heteroatoms. The Balaban J connectivity index is 1.71. The number of carbonyl (C=O) groups is 2. The number of carbonyl (C=O) groups excluding carboxylic acids is 2. The largest absolute Gasteiger partial charge is 0.444 e. The average Bonchev–Trinajstić information content (AvgIpc) is 2.61. The molecule has 0 saturated heterocycles. The SMILES string of the molecule is Cc1c(NC(=O)OCc2cccc3ccccc23)cccc1C(N)=O. The maximum atomic E-state index is 12.1. The van der Waals surface area contributed by atoms with Crippen LogP contribution in [0.4, 0.5) is 10.5 Å². The number of benzene rings is 3. The minimum atomic E-state index is -0.586. The lowest BCUT2D eigenvalue weighted by Crippen LogP contribution is -2.17. The van der Waals surface area contributed by atoms with Gasteiger partial charge in [-0.05, 0) is 41.0 Å². The Bertz CT molecular complexity index is 945. The fraction of sp³-hybridized carbons (Fsp3) is 0.100. The van der Waals surface area contributed by atoms with Gasteiger partial charge < -0.3 is 10.5 Å². The number of ether oxygens (including phenoxy) is 1. The van der Waals surface area contributed by atoms with Crippen LogP contribution in [-0.4, -0.2) is 12.0 Å². The Morgan fingerprint density at radius 2 is 1.72 bits per heavy atom. The van der Waals surface area contributed by atoms with Crippen LogP contribution in [0.2, 0.25) is 0 Å². The Labute approximate surface area is 145 Å². The molecule has 0 aromatic heterocycles. The van der Waals surface area contributed by atoms with E-state index in [1.54, 1.807) is 25.1 Å². The Morgan fingerprint density at radius 1 is 1.00 bits per heavy atom. The molecule has 0 bridgehead atoms. The first-order valence-corrected chi connectivity index (χ1v) is 7.86. The van der Waals surface area contributed by atoms with Crippen molar-refractivity contribution < 1.29 is 14.3 Å². The van der Waals surface area contributed by atoms with Crippen molar-refractivity contribution in [2.75, 3.05) is 5.32 Å². The van der Waals surface area contributed by atoms with E-state index in [1.807, 2.05) is 42.5 Å². The smallest absolute Gasteiger partial charge is 0.411 e. The number of anilines is 1. The predicted molar refractivity (Wildman–Crippen MR) is 97.5 cm³/mol. The van der Waals surface area contributed by atoms with Gasteiger partial charge in [0, 0.05) is 11.3 Å². The number of rotatable bonds is 4. The van der Waals surface area contributed by atoms with Gasteiger partial charge in [0.15, 0.2) is 0 Å². The van der Waals surface area contributed by atoms with E-state index in [1.165, 1.54) is 0 Å². The Hall–Kier alpha value is -3.34. The molecule has 0 spiro atoms. The first-order chi connectivity index (χ1) is 12.1. The topological polar surface area (TPSA) is 81.4 Å². The van der Waals surface area contributed by atoms with E-state index in [-0.39, 0.29) is 6.61 Å². The lowest BCUT2D eigenvalue weighted by molar-refractivity contribution is 0.0999. The van der Waals surface area contributed by atoms with Gasteiger partial charge >= 0.3 is 6.09 Å². The van der Waals surface area contributed by atoms with E-state index in [2.05, 4.69) is 5.32 Å². The van der Waals surface area contributed by atoms with Gasteiger partial charge in [-0.25, -0.2) is 4.79 Å². The van der Waals surface area contributed by atoms with E-state index < -0.39 is 12.0 Å². The van der Waals surface area contributed by atoms with Gasteiger partial charge in [0.1, 0.15) is 6.61 Å². The number of hydrogen-bond acceptors (Lipinski definition) is 3. The first kappa shape index (κ1) is 16.5. The van der Waals surface area contributed by atoms with Crippen molar-refractivity contribution >= 4 is 28.5 Å². The van der Waals surface area contributed by atoms with Crippen LogP contribution in [0.1, 0.15) is 21.5 Å². The molecule has 25 heavy (non-hydrogen) atoms. The van der Waals surface area contributed by atoms with Gasteiger partial charge in [-0.1, -0.05) is 48.5 Å². The molecule has 0 aliphatic rings. The standard InChI is InChI=1S/C20H18N2O3/c1-13-16(19(21)23)10-5-11-18(13)22-20(24)25-12-15-8-4-7-14-6-2-3-9-17(14)15/h2-11H,12H2,1H3,(H2,21,23)(H,22,24). The molecule has 0 radical (unpaired) electrons. The van der Waals surface area contributed by atoms with Crippen molar-refractivity contribution in [1.29, 1.82) is 0 Å². The molecular formula is C20H18N2O3. The minimum absolute atomic E-state index is 0.155. The summed E-state index contributed by atoms with van der Waals surface area (Å²) in [6, 6.07) is 18.8.